The van der Waals surface area contributed by atoms with Crippen LogP contribution < -0.4 is 10.4 Å². The lowest BCUT2D eigenvalue weighted by Gasteiger charge is -2.43. The van der Waals surface area contributed by atoms with E-state index in [0.717, 1.165) is 6.08 Å². The van der Waals surface area contributed by atoms with Crippen LogP contribution in [0.1, 0.15) is 28.8 Å². The predicted molar refractivity (Wildman–Crippen MR) is 123 cm³/mol. The lowest BCUT2D eigenvalue weighted by Crippen LogP contribution is -2.57. The molecule has 1 fully saturated rings. The van der Waals surface area contributed by atoms with E-state index in [1.54, 1.807) is 48.5 Å². The molecule has 0 aliphatic carbocycles. The van der Waals surface area contributed by atoms with Crippen molar-refractivity contribution in [2.75, 3.05) is 25.1 Å². The van der Waals surface area contributed by atoms with E-state index in [1.807, 2.05) is 7.05 Å². The molecule has 1 amide bonds. The number of carboxylic acid groups (broad SMARTS) is 2. The highest BCUT2D eigenvalue weighted by atomic mass is 35.5. The van der Waals surface area contributed by atoms with Gasteiger partial charge in [-0.2, -0.15) is 0 Å². The van der Waals surface area contributed by atoms with Gasteiger partial charge in [0.25, 0.3) is 5.91 Å². The standard InChI is InChI=1S/C24H24ClN3O5/c1-27-12-10-15(11-13-27)24(18(23(32)33)14-21(29)30)17-7-3-5-9-20(17)28(26-24)22(31)16-6-2-4-8-19(16)25/h2-9,14-15,26H,10-13H2,1H3,(H,29,30)(H,32,33). The maximum atomic E-state index is 13.6. The highest BCUT2D eigenvalue weighted by Gasteiger charge is 2.54. The molecule has 1 atom stereocenters. The van der Waals surface area contributed by atoms with Gasteiger partial charge in [-0.05, 0) is 57.1 Å². The molecule has 1 unspecified atom stereocenters. The van der Waals surface area contributed by atoms with Gasteiger partial charge >= 0.3 is 11.9 Å². The van der Waals surface area contributed by atoms with E-state index in [-0.39, 0.29) is 22.1 Å². The summed E-state index contributed by atoms with van der Waals surface area (Å²) in [4.78, 5) is 39.8. The number of amides is 1. The number of hydrogen-bond donors (Lipinski definition) is 3. The van der Waals surface area contributed by atoms with Crippen molar-refractivity contribution in [3.63, 3.8) is 0 Å². The first-order chi connectivity index (χ1) is 15.8. The maximum absolute atomic E-state index is 13.6. The minimum atomic E-state index is -1.40. The van der Waals surface area contributed by atoms with Gasteiger partial charge in [-0.3, -0.25) is 4.79 Å². The molecule has 2 aromatic carbocycles. The smallest absolute Gasteiger partial charge is 0.334 e. The summed E-state index contributed by atoms with van der Waals surface area (Å²) in [6.07, 6.45) is 1.97. The number of nitrogens with one attached hydrogen (secondary N) is 1. The van der Waals surface area contributed by atoms with Gasteiger partial charge in [0.05, 0.1) is 27.4 Å². The SMILES string of the molecule is CN1CCC(C2(C(=CC(=O)O)C(=O)O)NN(C(=O)c3ccccc3Cl)c3ccccc32)CC1. The summed E-state index contributed by atoms with van der Waals surface area (Å²) in [5.41, 5.74) is 2.72. The van der Waals surface area contributed by atoms with Crippen LogP contribution in [0.25, 0.3) is 0 Å². The van der Waals surface area contributed by atoms with Crippen LogP contribution in [0.15, 0.2) is 60.2 Å². The number of anilines is 1. The van der Waals surface area contributed by atoms with Gasteiger partial charge < -0.3 is 15.1 Å². The number of carbonyl (C=O) groups is 3. The van der Waals surface area contributed by atoms with Gasteiger partial charge in [0.2, 0.25) is 0 Å². The second kappa shape index (κ2) is 8.97. The number of piperidine rings is 1. The number of para-hydroxylation sites is 1. The first-order valence-electron chi connectivity index (χ1n) is 10.6. The van der Waals surface area contributed by atoms with Crippen LogP contribution in [0, 0.1) is 5.92 Å². The van der Waals surface area contributed by atoms with Crippen molar-refractivity contribution < 1.29 is 24.6 Å². The average molecular weight is 470 g/mol. The van der Waals surface area contributed by atoms with E-state index in [2.05, 4.69) is 10.3 Å². The number of carbonyl (C=O) groups excluding carboxylic acids is 1. The van der Waals surface area contributed by atoms with E-state index in [4.69, 9.17) is 11.6 Å². The molecule has 9 heteroatoms. The summed E-state index contributed by atoms with van der Waals surface area (Å²) in [5, 5.41) is 21.2. The summed E-state index contributed by atoms with van der Waals surface area (Å²) < 4.78 is 0. The Balaban J connectivity index is 1.92. The number of halogens is 1. The quantitative estimate of drug-likeness (QED) is 0.577. The lowest BCUT2D eigenvalue weighted by molar-refractivity contribution is -0.136. The lowest BCUT2D eigenvalue weighted by atomic mass is 9.69. The van der Waals surface area contributed by atoms with Crippen molar-refractivity contribution in [1.29, 1.82) is 0 Å². The van der Waals surface area contributed by atoms with Crippen LogP contribution in [-0.2, 0) is 15.1 Å². The molecular formula is C24H24ClN3O5. The molecule has 1 saturated heterocycles. The number of aliphatic carboxylic acids is 2. The van der Waals surface area contributed by atoms with Crippen LogP contribution in [0.4, 0.5) is 5.69 Å². The predicted octanol–water partition coefficient (Wildman–Crippen LogP) is 3.14. The fourth-order valence-corrected chi connectivity index (χ4v) is 5.08. The van der Waals surface area contributed by atoms with Crippen LogP contribution in [0.3, 0.4) is 0 Å². The van der Waals surface area contributed by atoms with Gasteiger partial charge in [-0.1, -0.05) is 41.9 Å². The molecule has 2 aromatic rings. The topological polar surface area (TPSA) is 110 Å². The van der Waals surface area contributed by atoms with Crippen molar-refractivity contribution in [3.05, 3.63) is 76.3 Å². The van der Waals surface area contributed by atoms with Crippen LogP contribution >= 0.6 is 11.6 Å². The molecule has 0 bridgehead atoms. The Bertz CT molecular complexity index is 1140. The molecule has 2 aliphatic rings. The molecule has 3 N–H and O–H groups in total. The Hall–Kier alpha value is -3.20. The molecule has 0 radical (unpaired) electrons. The van der Waals surface area contributed by atoms with Crippen molar-refractivity contribution in [2.45, 2.75) is 18.4 Å². The zero-order chi connectivity index (χ0) is 23.8. The van der Waals surface area contributed by atoms with E-state index in [0.29, 0.717) is 37.2 Å². The molecule has 2 heterocycles. The summed E-state index contributed by atoms with van der Waals surface area (Å²) in [6, 6.07) is 13.6. The summed E-state index contributed by atoms with van der Waals surface area (Å²) in [5.74, 6) is -3.44. The third-order valence-corrected chi connectivity index (χ3v) is 6.75. The largest absolute Gasteiger partial charge is 0.478 e. The van der Waals surface area contributed by atoms with Crippen LogP contribution in [0.2, 0.25) is 5.02 Å². The normalized spacial score (nSPS) is 21.6. The van der Waals surface area contributed by atoms with Crippen molar-refractivity contribution in [3.8, 4) is 0 Å². The molecule has 0 aromatic heterocycles. The monoisotopic (exact) mass is 469 g/mol. The van der Waals surface area contributed by atoms with Crippen LogP contribution in [-0.4, -0.2) is 53.1 Å². The number of hydrazine groups is 1. The van der Waals surface area contributed by atoms with Crippen molar-refractivity contribution in [1.82, 2.24) is 10.3 Å². The van der Waals surface area contributed by atoms with Crippen LogP contribution in [0.5, 0.6) is 0 Å². The summed E-state index contributed by atoms with van der Waals surface area (Å²) in [6.45, 7) is 1.43. The molecule has 0 spiro atoms. The maximum Gasteiger partial charge on any atom is 0.334 e. The molecule has 172 valence electrons. The second-order valence-electron chi connectivity index (χ2n) is 8.34. The van der Waals surface area contributed by atoms with Gasteiger partial charge in [0.15, 0.2) is 0 Å². The third kappa shape index (κ3) is 4.01. The first-order valence-corrected chi connectivity index (χ1v) is 11.0. The van der Waals surface area contributed by atoms with Gasteiger partial charge in [-0.25, -0.2) is 20.0 Å². The van der Waals surface area contributed by atoms with Crippen molar-refractivity contribution in [2.24, 2.45) is 5.92 Å². The first kappa shape index (κ1) is 23.0. The number of carboxylic acids is 2. The number of benzene rings is 2. The zero-order valence-electron chi connectivity index (χ0n) is 18.0. The Labute approximate surface area is 196 Å². The number of rotatable bonds is 5. The Morgan fingerprint density at radius 1 is 1.06 bits per heavy atom. The molecule has 8 nitrogen and oxygen atoms in total. The molecule has 4 rings (SSSR count). The fraction of sp³-hybridized carbons (Fsp3) is 0.292. The van der Waals surface area contributed by atoms with E-state index in [9.17, 15) is 24.6 Å². The van der Waals surface area contributed by atoms with Gasteiger partial charge in [-0.15, -0.1) is 0 Å². The molecule has 33 heavy (non-hydrogen) atoms. The fourth-order valence-electron chi connectivity index (χ4n) is 4.86. The molecular weight excluding hydrogens is 446 g/mol. The second-order valence-corrected chi connectivity index (χ2v) is 8.74. The zero-order valence-corrected chi connectivity index (χ0v) is 18.7. The summed E-state index contributed by atoms with van der Waals surface area (Å²) >= 11 is 6.28. The number of hydrogen-bond acceptors (Lipinski definition) is 5. The number of likely N-dealkylation sites (tertiary alicyclic amines) is 1. The van der Waals surface area contributed by atoms with Gasteiger partial charge in [0, 0.05) is 11.6 Å². The Morgan fingerprint density at radius 3 is 2.33 bits per heavy atom. The minimum absolute atomic E-state index is 0.250. The molecule has 0 saturated carbocycles. The highest BCUT2D eigenvalue weighted by Crippen LogP contribution is 2.50. The van der Waals surface area contributed by atoms with Crippen molar-refractivity contribution >= 4 is 35.1 Å². The van der Waals surface area contributed by atoms with Gasteiger partial charge in [0.1, 0.15) is 0 Å². The Kier molecular flexibility index (Phi) is 6.25. The number of nitrogens with zero attached hydrogens (tertiary/aromatic N) is 2. The molecule has 2 aliphatic heterocycles. The highest BCUT2D eigenvalue weighted by molar-refractivity contribution is 6.34. The van der Waals surface area contributed by atoms with E-state index < -0.39 is 23.4 Å². The minimum Gasteiger partial charge on any atom is -0.478 e. The van der Waals surface area contributed by atoms with E-state index in [1.165, 1.54) is 5.01 Å². The Morgan fingerprint density at radius 2 is 1.70 bits per heavy atom. The third-order valence-electron chi connectivity index (χ3n) is 6.42. The van der Waals surface area contributed by atoms with E-state index >= 15 is 0 Å². The average Bonchev–Trinajstić information content (AvgIpc) is 3.14. The summed E-state index contributed by atoms with van der Waals surface area (Å²) in [7, 11) is 1.98. The number of fused-ring (bicyclic) bond motifs is 1.